The molecule has 0 amide bonds. The Hall–Kier alpha value is -0.540. The van der Waals surface area contributed by atoms with Crippen LogP contribution in [-0.2, 0) is 9.84 Å². The van der Waals surface area contributed by atoms with Crippen LogP contribution in [0.1, 0.15) is 5.56 Å². The van der Waals surface area contributed by atoms with Gasteiger partial charge in [0.2, 0.25) is 4.71 Å². The number of halogens is 1. The minimum atomic E-state index is -3.27. The molecule has 0 atom stereocenters. The zero-order valence-corrected chi connectivity index (χ0v) is 8.06. The highest BCUT2D eigenvalue weighted by Gasteiger charge is 2.20. The quantitative estimate of drug-likeness (QED) is 0.735. The Morgan fingerprint density at radius 2 is 1.75 bits per heavy atom. The van der Waals surface area contributed by atoms with Gasteiger partial charge in [-0.25, -0.2) is 8.42 Å². The molecule has 0 aromatic heterocycles. The van der Waals surface area contributed by atoms with Gasteiger partial charge >= 0.3 is 0 Å². The Labute approximate surface area is 77.1 Å². The fraction of sp³-hybridized carbons (Fsp3) is 0.125. The minimum absolute atomic E-state index is 0.108. The summed E-state index contributed by atoms with van der Waals surface area (Å²) in [6, 6.07) is 8.59. The SMILES string of the molecule is CS(=O)(=O)[C](Cl)c1ccccc1. The third kappa shape index (κ3) is 2.22. The van der Waals surface area contributed by atoms with Crippen LogP contribution >= 0.6 is 11.6 Å². The van der Waals surface area contributed by atoms with E-state index in [2.05, 4.69) is 0 Å². The summed E-state index contributed by atoms with van der Waals surface area (Å²) >= 11 is 5.61. The Morgan fingerprint density at radius 1 is 1.25 bits per heavy atom. The van der Waals surface area contributed by atoms with Crippen molar-refractivity contribution in [3.63, 3.8) is 0 Å². The van der Waals surface area contributed by atoms with E-state index < -0.39 is 9.84 Å². The zero-order valence-electron chi connectivity index (χ0n) is 6.49. The van der Waals surface area contributed by atoms with Crippen LogP contribution in [-0.4, -0.2) is 14.7 Å². The molecule has 12 heavy (non-hydrogen) atoms. The summed E-state index contributed by atoms with van der Waals surface area (Å²) < 4.78 is 21.8. The summed E-state index contributed by atoms with van der Waals surface area (Å²) in [5, 5.41) is 0. The molecule has 0 aliphatic rings. The number of rotatable bonds is 2. The summed E-state index contributed by atoms with van der Waals surface area (Å²) in [5.74, 6) is 0. The second-order valence-electron chi connectivity index (χ2n) is 2.41. The van der Waals surface area contributed by atoms with E-state index in [0.717, 1.165) is 6.26 Å². The highest BCUT2D eigenvalue weighted by Crippen LogP contribution is 2.23. The van der Waals surface area contributed by atoms with Gasteiger partial charge in [0.1, 0.15) is 0 Å². The van der Waals surface area contributed by atoms with Crippen molar-refractivity contribution in [3.05, 3.63) is 40.6 Å². The van der Waals surface area contributed by atoms with Crippen LogP contribution in [0.2, 0.25) is 0 Å². The average molecular weight is 204 g/mol. The van der Waals surface area contributed by atoms with Crippen molar-refractivity contribution < 1.29 is 8.42 Å². The maximum Gasteiger partial charge on any atom is 0.207 e. The smallest absolute Gasteiger partial charge is 0.207 e. The largest absolute Gasteiger partial charge is 0.227 e. The molecule has 0 saturated carbocycles. The highest BCUT2D eigenvalue weighted by atomic mass is 35.5. The van der Waals surface area contributed by atoms with Gasteiger partial charge in [0.25, 0.3) is 0 Å². The van der Waals surface area contributed by atoms with Crippen molar-refractivity contribution in [2.24, 2.45) is 0 Å². The molecule has 65 valence electrons. The number of hydrogen-bond donors (Lipinski definition) is 0. The molecule has 0 saturated heterocycles. The van der Waals surface area contributed by atoms with Crippen molar-refractivity contribution in [3.8, 4) is 0 Å². The van der Waals surface area contributed by atoms with Crippen LogP contribution in [0.25, 0.3) is 0 Å². The van der Waals surface area contributed by atoms with Crippen LogP contribution < -0.4 is 0 Å². The second kappa shape index (κ2) is 3.46. The van der Waals surface area contributed by atoms with Gasteiger partial charge in [0, 0.05) is 6.26 Å². The number of hydrogen-bond acceptors (Lipinski definition) is 2. The van der Waals surface area contributed by atoms with E-state index in [-0.39, 0.29) is 4.71 Å². The molecule has 0 aliphatic heterocycles. The van der Waals surface area contributed by atoms with Gasteiger partial charge in [-0.1, -0.05) is 41.9 Å². The van der Waals surface area contributed by atoms with Crippen molar-refractivity contribution in [2.45, 2.75) is 0 Å². The number of benzene rings is 1. The maximum atomic E-state index is 11.0. The Kier molecular flexibility index (Phi) is 2.75. The maximum absolute atomic E-state index is 11.0. The van der Waals surface area contributed by atoms with E-state index in [9.17, 15) is 8.42 Å². The van der Waals surface area contributed by atoms with Crippen LogP contribution in [0.5, 0.6) is 0 Å². The van der Waals surface area contributed by atoms with Crippen molar-refractivity contribution in [2.75, 3.05) is 6.26 Å². The fourth-order valence-electron chi connectivity index (χ4n) is 0.783. The lowest BCUT2D eigenvalue weighted by atomic mass is 10.2. The Balaban J connectivity index is 3.02. The first-order valence-electron chi connectivity index (χ1n) is 3.30. The molecule has 0 bridgehead atoms. The topological polar surface area (TPSA) is 34.1 Å². The molecular weight excluding hydrogens is 196 g/mol. The lowest BCUT2D eigenvalue weighted by Gasteiger charge is -2.04. The first-order chi connectivity index (χ1) is 5.52. The normalized spacial score (nSPS) is 11.9. The van der Waals surface area contributed by atoms with Crippen LogP contribution in [0.4, 0.5) is 0 Å². The van der Waals surface area contributed by atoms with Crippen molar-refractivity contribution in [1.82, 2.24) is 0 Å². The second-order valence-corrected chi connectivity index (χ2v) is 4.97. The lowest BCUT2D eigenvalue weighted by molar-refractivity contribution is 0.606. The predicted octanol–water partition coefficient (Wildman–Crippen LogP) is 1.81. The molecule has 1 aromatic rings. The molecule has 0 fully saturated rings. The molecule has 1 rings (SSSR count). The molecular formula is C8H8ClO2S. The van der Waals surface area contributed by atoms with Gasteiger partial charge in [-0.15, -0.1) is 0 Å². The third-order valence-electron chi connectivity index (χ3n) is 1.33. The van der Waals surface area contributed by atoms with Gasteiger partial charge in [-0.2, -0.15) is 0 Å². The van der Waals surface area contributed by atoms with Crippen molar-refractivity contribution >= 4 is 21.4 Å². The minimum Gasteiger partial charge on any atom is -0.227 e. The van der Waals surface area contributed by atoms with Gasteiger partial charge in [0.15, 0.2) is 9.84 Å². The molecule has 0 N–H and O–H groups in total. The summed E-state index contributed by atoms with van der Waals surface area (Å²) in [6.45, 7) is 0. The molecule has 2 nitrogen and oxygen atoms in total. The van der Waals surface area contributed by atoms with E-state index in [1.165, 1.54) is 0 Å². The third-order valence-corrected chi connectivity index (χ3v) is 3.27. The highest BCUT2D eigenvalue weighted by molar-refractivity contribution is 7.95. The van der Waals surface area contributed by atoms with Gasteiger partial charge in [-0.05, 0) is 5.56 Å². The van der Waals surface area contributed by atoms with Gasteiger partial charge in [-0.3, -0.25) is 0 Å². The standard InChI is InChI=1S/C8H8ClO2S/c1-12(10,11)8(9)7-5-3-2-4-6-7/h2-6H,1H3. The molecule has 4 heteroatoms. The molecule has 0 aliphatic carbocycles. The monoisotopic (exact) mass is 203 g/mol. The lowest BCUT2D eigenvalue weighted by Crippen LogP contribution is -2.05. The first kappa shape index (κ1) is 9.55. The Morgan fingerprint density at radius 3 is 2.17 bits per heavy atom. The first-order valence-corrected chi connectivity index (χ1v) is 5.56. The van der Waals surface area contributed by atoms with E-state index in [4.69, 9.17) is 11.6 Å². The summed E-state index contributed by atoms with van der Waals surface area (Å²) in [5.41, 5.74) is 0.529. The summed E-state index contributed by atoms with van der Waals surface area (Å²) in [4.78, 5) is 0. The van der Waals surface area contributed by atoms with E-state index in [1.54, 1.807) is 30.3 Å². The van der Waals surface area contributed by atoms with Crippen LogP contribution in [0.3, 0.4) is 0 Å². The predicted molar refractivity (Wildman–Crippen MR) is 49.5 cm³/mol. The molecule has 1 radical (unpaired) electrons. The average Bonchev–Trinajstić information content (AvgIpc) is 2.03. The van der Waals surface area contributed by atoms with Gasteiger partial charge in [0.05, 0.1) is 0 Å². The molecule has 0 spiro atoms. The summed E-state index contributed by atoms with van der Waals surface area (Å²) in [6.07, 6.45) is 1.09. The fourth-order valence-corrected chi connectivity index (χ4v) is 1.47. The van der Waals surface area contributed by atoms with E-state index >= 15 is 0 Å². The summed E-state index contributed by atoms with van der Waals surface area (Å²) in [7, 11) is -3.27. The molecule has 1 aromatic carbocycles. The van der Waals surface area contributed by atoms with E-state index in [0.29, 0.717) is 5.56 Å². The van der Waals surface area contributed by atoms with E-state index in [1.807, 2.05) is 0 Å². The van der Waals surface area contributed by atoms with Gasteiger partial charge < -0.3 is 0 Å². The van der Waals surface area contributed by atoms with Crippen LogP contribution in [0.15, 0.2) is 30.3 Å². The Bertz CT molecular complexity index is 345. The number of sulfone groups is 1. The molecule has 0 heterocycles. The zero-order chi connectivity index (χ0) is 9.19. The van der Waals surface area contributed by atoms with Crippen molar-refractivity contribution in [1.29, 1.82) is 0 Å². The molecule has 0 unspecified atom stereocenters. The van der Waals surface area contributed by atoms with Crippen LogP contribution in [0, 0.1) is 4.71 Å².